The van der Waals surface area contributed by atoms with Crippen LogP contribution in [0.2, 0.25) is 5.15 Å². The number of nitrogens with zero attached hydrogens (tertiary/aromatic N) is 2. The first kappa shape index (κ1) is 13.0. The minimum atomic E-state index is 0.518. The minimum Gasteiger partial charge on any atom is -0.233 e. The molecule has 0 radical (unpaired) electrons. The number of rotatable bonds is 3. The first-order valence-corrected chi connectivity index (χ1v) is 6.59. The Kier molecular flexibility index (Phi) is 3.97. The van der Waals surface area contributed by atoms with Gasteiger partial charge in [-0.05, 0) is 31.4 Å². The molecule has 2 aromatic rings. The molecule has 0 fully saturated rings. The highest BCUT2D eigenvalue weighted by Crippen LogP contribution is 2.25. The van der Waals surface area contributed by atoms with Crippen LogP contribution in [-0.2, 0) is 6.42 Å². The van der Waals surface area contributed by atoms with Gasteiger partial charge in [0.1, 0.15) is 11.0 Å². The number of aryl methyl sites for hydroxylation is 2. The maximum atomic E-state index is 6.08. The molecule has 0 spiro atoms. The van der Waals surface area contributed by atoms with Crippen LogP contribution in [0.25, 0.3) is 11.3 Å². The van der Waals surface area contributed by atoms with Gasteiger partial charge >= 0.3 is 0 Å². The van der Waals surface area contributed by atoms with Crippen molar-refractivity contribution in [3.8, 4) is 11.3 Å². The normalized spacial score (nSPS) is 10.7. The second kappa shape index (κ2) is 5.49. The highest BCUT2D eigenvalue weighted by molar-refractivity contribution is 6.29. The van der Waals surface area contributed by atoms with E-state index in [1.165, 1.54) is 11.1 Å². The zero-order valence-corrected chi connectivity index (χ0v) is 11.8. The van der Waals surface area contributed by atoms with E-state index >= 15 is 0 Å². The molecule has 0 saturated heterocycles. The van der Waals surface area contributed by atoms with Crippen LogP contribution in [0.3, 0.4) is 0 Å². The Morgan fingerprint density at radius 2 is 1.94 bits per heavy atom. The van der Waals surface area contributed by atoms with Gasteiger partial charge < -0.3 is 0 Å². The molecule has 0 amide bonds. The average Bonchev–Trinajstić information content (AvgIpc) is 2.32. The molecule has 94 valence electrons. The summed E-state index contributed by atoms with van der Waals surface area (Å²) in [6.07, 6.45) is 1.88. The Labute approximate surface area is 113 Å². The number of halogens is 1. The quantitative estimate of drug-likeness (QED) is 0.766. The maximum Gasteiger partial charge on any atom is 0.133 e. The SMILES string of the molecule is CCCc1nc(Cl)cc(-c2cccc(C)c2C)n1. The van der Waals surface area contributed by atoms with Crippen molar-refractivity contribution in [2.75, 3.05) is 0 Å². The Balaban J connectivity index is 2.53. The van der Waals surface area contributed by atoms with E-state index in [0.717, 1.165) is 29.9 Å². The second-order valence-electron chi connectivity index (χ2n) is 4.49. The van der Waals surface area contributed by atoms with Crippen molar-refractivity contribution in [2.45, 2.75) is 33.6 Å². The zero-order chi connectivity index (χ0) is 13.1. The van der Waals surface area contributed by atoms with Crippen molar-refractivity contribution < 1.29 is 0 Å². The number of benzene rings is 1. The van der Waals surface area contributed by atoms with Crippen LogP contribution in [0.1, 0.15) is 30.3 Å². The largest absolute Gasteiger partial charge is 0.233 e. The van der Waals surface area contributed by atoms with E-state index in [9.17, 15) is 0 Å². The highest BCUT2D eigenvalue weighted by Gasteiger charge is 2.08. The maximum absolute atomic E-state index is 6.08. The van der Waals surface area contributed by atoms with E-state index in [1.807, 2.05) is 12.1 Å². The molecule has 0 aliphatic rings. The predicted molar refractivity (Wildman–Crippen MR) is 75.9 cm³/mol. The first-order chi connectivity index (χ1) is 8.61. The fourth-order valence-electron chi connectivity index (χ4n) is 1.97. The summed E-state index contributed by atoms with van der Waals surface area (Å²) in [7, 11) is 0. The van der Waals surface area contributed by atoms with Crippen LogP contribution < -0.4 is 0 Å². The van der Waals surface area contributed by atoms with E-state index in [0.29, 0.717) is 5.15 Å². The molecule has 1 aromatic carbocycles. The van der Waals surface area contributed by atoms with E-state index < -0.39 is 0 Å². The molecular formula is C15H17ClN2. The molecule has 18 heavy (non-hydrogen) atoms. The lowest BCUT2D eigenvalue weighted by Gasteiger charge is -2.09. The van der Waals surface area contributed by atoms with Crippen LogP contribution in [0.5, 0.6) is 0 Å². The average molecular weight is 261 g/mol. The van der Waals surface area contributed by atoms with Gasteiger partial charge in [-0.1, -0.05) is 36.7 Å². The number of hydrogen-bond acceptors (Lipinski definition) is 2. The molecule has 2 rings (SSSR count). The molecule has 1 aromatic heterocycles. The Hall–Kier alpha value is -1.41. The second-order valence-corrected chi connectivity index (χ2v) is 4.88. The molecule has 0 N–H and O–H groups in total. The molecule has 0 unspecified atom stereocenters. The highest BCUT2D eigenvalue weighted by atomic mass is 35.5. The van der Waals surface area contributed by atoms with Crippen LogP contribution in [-0.4, -0.2) is 9.97 Å². The van der Waals surface area contributed by atoms with Crippen molar-refractivity contribution >= 4 is 11.6 Å². The Bertz CT molecular complexity index is 564. The lowest BCUT2D eigenvalue weighted by atomic mass is 10.0. The number of hydrogen-bond donors (Lipinski definition) is 0. The number of aromatic nitrogens is 2. The fraction of sp³-hybridized carbons (Fsp3) is 0.333. The van der Waals surface area contributed by atoms with Crippen molar-refractivity contribution in [3.05, 3.63) is 46.4 Å². The van der Waals surface area contributed by atoms with Crippen molar-refractivity contribution in [1.82, 2.24) is 9.97 Å². The molecular weight excluding hydrogens is 244 g/mol. The summed E-state index contributed by atoms with van der Waals surface area (Å²) in [6.45, 7) is 6.33. The smallest absolute Gasteiger partial charge is 0.133 e. The van der Waals surface area contributed by atoms with Crippen LogP contribution in [0.4, 0.5) is 0 Å². The zero-order valence-electron chi connectivity index (χ0n) is 11.0. The summed E-state index contributed by atoms with van der Waals surface area (Å²) in [4.78, 5) is 8.86. The molecule has 0 aliphatic carbocycles. The Morgan fingerprint density at radius 3 is 2.67 bits per heavy atom. The standard InChI is InChI=1S/C15H17ClN2/c1-4-6-15-17-13(9-14(16)18-15)12-8-5-7-10(2)11(12)3/h5,7-9H,4,6H2,1-3H3. The molecule has 2 nitrogen and oxygen atoms in total. The molecule has 0 bridgehead atoms. The Morgan fingerprint density at radius 1 is 1.17 bits per heavy atom. The van der Waals surface area contributed by atoms with Crippen molar-refractivity contribution in [2.24, 2.45) is 0 Å². The van der Waals surface area contributed by atoms with Gasteiger partial charge in [-0.15, -0.1) is 0 Å². The molecule has 0 saturated carbocycles. The third-order valence-corrected chi connectivity index (χ3v) is 3.29. The van der Waals surface area contributed by atoms with Gasteiger partial charge in [-0.25, -0.2) is 9.97 Å². The summed E-state index contributed by atoms with van der Waals surface area (Å²) in [5.41, 5.74) is 4.56. The molecule has 1 heterocycles. The monoisotopic (exact) mass is 260 g/mol. The molecule has 3 heteroatoms. The lowest BCUT2D eigenvalue weighted by molar-refractivity contribution is 0.836. The van der Waals surface area contributed by atoms with Gasteiger partial charge in [0.05, 0.1) is 5.69 Å². The molecule has 0 atom stereocenters. The van der Waals surface area contributed by atoms with Gasteiger partial charge in [0.25, 0.3) is 0 Å². The summed E-state index contributed by atoms with van der Waals surface area (Å²) >= 11 is 6.08. The summed E-state index contributed by atoms with van der Waals surface area (Å²) in [5.74, 6) is 0.820. The van der Waals surface area contributed by atoms with E-state index in [1.54, 1.807) is 0 Å². The van der Waals surface area contributed by atoms with Gasteiger partial charge in [0.2, 0.25) is 0 Å². The van der Waals surface area contributed by atoms with Gasteiger partial charge in [-0.3, -0.25) is 0 Å². The third-order valence-electron chi connectivity index (χ3n) is 3.10. The topological polar surface area (TPSA) is 25.8 Å². The summed E-state index contributed by atoms with van der Waals surface area (Å²) in [5, 5.41) is 0.518. The van der Waals surface area contributed by atoms with Gasteiger partial charge in [0.15, 0.2) is 0 Å². The summed E-state index contributed by atoms with van der Waals surface area (Å²) in [6, 6.07) is 8.07. The van der Waals surface area contributed by atoms with Gasteiger partial charge in [0, 0.05) is 18.1 Å². The van der Waals surface area contributed by atoms with Crippen molar-refractivity contribution in [3.63, 3.8) is 0 Å². The first-order valence-electron chi connectivity index (χ1n) is 6.22. The van der Waals surface area contributed by atoms with Crippen molar-refractivity contribution in [1.29, 1.82) is 0 Å². The minimum absolute atomic E-state index is 0.518. The van der Waals surface area contributed by atoms with E-state index in [-0.39, 0.29) is 0 Å². The van der Waals surface area contributed by atoms with E-state index in [4.69, 9.17) is 11.6 Å². The predicted octanol–water partition coefficient (Wildman–Crippen LogP) is 4.37. The third kappa shape index (κ3) is 2.70. The van der Waals surface area contributed by atoms with E-state index in [2.05, 4.69) is 42.9 Å². The fourth-order valence-corrected chi connectivity index (χ4v) is 2.17. The summed E-state index contributed by atoms with van der Waals surface area (Å²) < 4.78 is 0. The molecule has 0 aliphatic heterocycles. The van der Waals surface area contributed by atoms with Crippen LogP contribution in [0.15, 0.2) is 24.3 Å². The van der Waals surface area contributed by atoms with Crippen LogP contribution >= 0.6 is 11.6 Å². The van der Waals surface area contributed by atoms with Crippen LogP contribution in [0, 0.1) is 13.8 Å². The van der Waals surface area contributed by atoms with Gasteiger partial charge in [-0.2, -0.15) is 0 Å². The lowest BCUT2D eigenvalue weighted by Crippen LogP contribution is -1.98.